The molecule has 7 aromatic rings. The number of ether oxygens (including phenoxy) is 5. The second kappa shape index (κ2) is 51.4. The van der Waals surface area contributed by atoms with Crippen molar-refractivity contribution in [3.8, 4) is 40.6 Å². The highest BCUT2D eigenvalue weighted by atomic mass is 16.5. The fourth-order valence-electron chi connectivity index (χ4n) is 18.2. The number of morpholine rings is 1. The van der Waals surface area contributed by atoms with Gasteiger partial charge in [0, 0.05) is 201 Å². The summed E-state index contributed by atoms with van der Waals surface area (Å²) in [4.78, 5) is 102. The van der Waals surface area contributed by atoms with Crippen LogP contribution in [-0.4, -0.2) is 218 Å². The summed E-state index contributed by atoms with van der Waals surface area (Å²) < 4.78 is 27.2. The molecule has 692 valence electrons. The molecular formula is C103H149N13O11. The number of H-pyrrole nitrogens is 3. The summed E-state index contributed by atoms with van der Waals surface area (Å²) in [5.74, 6) is 14.2. The molecule has 24 nitrogen and oxygen atoms in total. The van der Waals surface area contributed by atoms with Crippen LogP contribution in [-0.2, 0) is 38.6 Å². The Morgan fingerprint density at radius 2 is 0.898 bits per heavy atom. The number of anilines is 3. The first-order chi connectivity index (χ1) is 60.7. The summed E-state index contributed by atoms with van der Waals surface area (Å²) in [6.07, 6.45) is 13.0. The van der Waals surface area contributed by atoms with Gasteiger partial charge in [0.05, 0.1) is 33.0 Å². The first-order valence-electron chi connectivity index (χ1n) is 46.1. The van der Waals surface area contributed by atoms with Crippen molar-refractivity contribution in [2.24, 2.45) is 5.92 Å². The zero-order valence-electron chi connectivity index (χ0n) is 79.1. The van der Waals surface area contributed by atoms with Crippen molar-refractivity contribution in [2.75, 3.05) is 155 Å². The number of amides is 3. The van der Waals surface area contributed by atoms with Gasteiger partial charge >= 0.3 is 0 Å². The van der Waals surface area contributed by atoms with Crippen LogP contribution in [0, 0.1) is 91.9 Å². The smallest absolute Gasteiger partial charge is 0.253 e. The van der Waals surface area contributed by atoms with Crippen molar-refractivity contribution in [1.29, 1.82) is 0 Å². The zero-order valence-corrected chi connectivity index (χ0v) is 79.1. The van der Waals surface area contributed by atoms with Crippen LogP contribution in [0.25, 0.3) is 11.1 Å². The zero-order chi connectivity index (χ0) is 91.1. The lowest BCUT2D eigenvalue weighted by Gasteiger charge is -2.41. The molecule has 3 aliphatic heterocycles. The fourth-order valence-corrected chi connectivity index (χ4v) is 18.2. The number of likely N-dealkylation sites (tertiary alicyclic amines) is 1. The molecule has 6 heterocycles. The van der Waals surface area contributed by atoms with Gasteiger partial charge in [-0.25, -0.2) is 0 Å². The van der Waals surface area contributed by atoms with E-state index >= 15 is 0 Å². The van der Waals surface area contributed by atoms with Crippen LogP contribution in [0.2, 0.25) is 0 Å². The van der Waals surface area contributed by atoms with E-state index in [9.17, 15) is 28.8 Å². The van der Waals surface area contributed by atoms with Gasteiger partial charge in [-0.1, -0.05) is 57.1 Å². The van der Waals surface area contributed by atoms with E-state index in [-0.39, 0.29) is 61.5 Å². The van der Waals surface area contributed by atoms with Gasteiger partial charge in [0.25, 0.3) is 34.4 Å². The molecule has 3 aromatic heterocycles. The normalized spacial score (nSPS) is 17.3. The number of aryl methyl sites for hydroxylation is 6. The molecule has 24 heteroatoms. The quantitative estimate of drug-likeness (QED) is 0.0170. The molecule has 3 saturated heterocycles. The first-order valence-corrected chi connectivity index (χ1v) is 46.1. The minimum Gasteiger partial charge on any atom is -0.491 e. The van der Waals surface area contributed by atoms with Crippen LogP contribution in [0.1, 0.15) is 228 Å². The van der Waals surface area contributed by atoms with E-state index in [2.05, 4.69) is 142 Å². The average molecular weight is 1750 g/mol. The standard InChI is InChI=1S/C35H51N5O4.C34H46N4O4.C31H42N4O3.C2H6.CH4/c1-7-40(30-12-10-29(11-13-30)38(5)15-18-43-6)33-23-28(9-8-14-39-16-19-44-20-17-39)22-31(27(33)4)34(41)36-24-32-25(2)21-26(3)37-35(32)42;1-7-38(28-12-10-27(35-5)11-13-28)32-20-26(25-8-14-29(15-9-25)42-17-16-41-6)19-30(24(32)4)33(39)36-21-31-22(2)18-23(3)37-34(31)40;1-6-35(26-11-15-38-16-12-26)29-19-25(8-7-24-9-13-34(5)14-10-24)18-27(23(29)4)30(36)32-20-28-21(2)17-22(3)33-31(28)37;1-2;/h21-23,29-30H,7,10-20,24H2,1-6H3,(H,36,41)(H,37,42);8-9,14-15,18-20,27-28,35H,7,10-13,16-17,21H2,1-6H3,(H,36,39)(H,37,40);17-19,24,26H,6,9-16,20H2,1-5H3,(H,32,36)(H,33,37);1-2H3;1H4. The van der Waals surface area contributed by atoms with Gasteiger partial charge in [-0.05, 0) is 306 Å². The van der Waals surface area contributed by atoms with Crippen molar-refractivity contribution in [3.63, 3.8) is 0 Å². The maximum Gasteiger partial charge on any atom is 0.253 e. The molecule has 0 radical (unpaired) electrons. The van der Waals surface area contributed by atoms with Crippen LogP contribution in [0.15, 0.2) is 93.2 Å². The lowest BCUT2D eigenvalue weighted by atomic mass is 9.88. The Kier molecular flexibility index (Phi) is 41.5. The molecular weight excluding hydrogens is 1600 g/mol. The molecule has 0 spiro atoms. The minimum atomic E-state index is -0.195. The van der Waals surface area contributed by atoms with Gasteiger partial charge in [0.15, 0.2) is 0 Å². The molecule has 12 rings (SSSR count). The fraction of sp³-hybridized carbons (Fsp3) is 0.553. The number of methoxy groups -OCH3 is 2. The number of piperidine rings is 1. The maximum atomic E-state index is 13.8. The highest BCUT2D eigenvalue weighted by Gasteiger charge is 2.32. The largest absolute Gasteiger partial charge is 0.491 e. The summed E-state index contributed by atoms with van der Waals surface area (Å²) in [5, 5.41) is 12.5. The number of likely N-dealkylation sites (N-methyl/N-ethyl adjacent to an activating group) is 1. The Morgan fingerprint density at radius 3 is 1.33 bits per heavy atom. The molecule has 3 amide bonds. The number of nitrogens with zero attached hydrogens (tertiary/aromatic N) is 6. The molecule has 5 fully saturated rings. The number of carbonyl (C=O) groups is 3. The van der Waals surface area contributed by atoms with Gasteiger partial charge < -0.3 is 84.4 Å². The third-order valence-electron chi connectivity index (χ3n) is 25.7. The van der Waals surface area contributed by atoms with Gasteiger partial charge in [0.2, 0.25) is 0 Å². The number of nitrogens with one attached hydrogen (secondary N) is 7. The molecule has 0 unspecified atom stereocenters. The third-order valence-corrected chi connectivity index (χ3v) is 25.7. The van der Waals surface area contributed by atoms with Gasteiger partial charge in [-0.3, -0.25) is 33.7 Å². The van der Waals surface area contributed by atoms with Crippen LogP contribution in [0.5, 0.6) is 5.75 Å². The number of carbonyl (C=O) groups excluding carboxylic acids is 3. The average Bonchev–Trinajstić information content (AvgIpc) is 0.788. The molecule has 2 aliphatic carbocycles. The topological polar surface area (TPSA) is 263 Å². The number of hydrogen-bond acceptors (Lipinski definition) is 18. The lowest BCUT2D eigenvalue weighted by molar-refractivity contribution is 0.0443. The number of aromatic nitrogens is 3. The minimum absolute atomic E-state index is 0. The molecule has 127 heavy (non-hydrogen) atoms. The van der Waals surface area contributed by atoms with E-state index in [1.807, 2.05) is 144 Å². The lowest BCUT2D eigenvalue weighted by Crippen LogP contribution is -2.44. The SMILES string of the molecule is C.CC.CCN(c1cc(-c2ccc(OCCOC)cc2)cc(C(=O)NCc2c(C)cc(C)[nH]c2=O)c1C)C1CCC(NC)CC1.CCN(c1cc(C#CC2CCN(C)CC2)cc(C(=O)NCc2c(C)cc(C)[nH]c2=O)c1C)C1CCOCC1.CCN(c1cc(C#CCN2CCOCC2)cc(C(=O)NCc2c(C)cc(C)[nH]c2=O)c1C)C1CCC(N(C)CCOC)CC1. The molecule has 0 bridgehead atoms. The van der Waals surface area contributed by atoms with E-state index in [0.29, 0.717) is 89.3 Å². The van der Waals surface area contributed by atoms with Crippen LogP contribution < -0.4 is 57.4 Å². The van der Waals surface area contributed by atoms with Gasteiger partial charge in [-0.15, -0.1) is 0 Å². The Balaban J connectivity index is 0.000000233. The van der Waals surface area contributed by atoms with Crippen molar-refractivity contribution >= 4 is 34.8 Å². The van der Waals surface area contributed by atoms with E-state index in [1.54, 1.807) is 14.2 Å². The highest BCUT2D eigenvalue weighted by molar-refractivity contribution is 6.00. The Labute approximate surface area is 757 Å². The second-order valence-electron chi connectivity index (χ2n) is 34.2. The predicted octanol–water partition coefficient (Wildman–Crippen LogP) is 14.5. The van der Waals surface area contributed by atoms with Crippen LogP contribution in [0.3, 0.4) is 0 Å². The summed E-state index contributed by atoms with van der Waals surface area (Å²) in [6, 6.07) is 28.4. The van der Waals surface area contributed by atoms with Crippen LogP contribution in [0.4, 0.5) is 17.1 Å². The van der Waals surface area contributed by atoms with Crippen LogP contribution >= 0.6 is 0 Å². The van der Waals surface area contributed by atoms with Crippen molar-refractivity contribution in [2.45, 2.75) is 231 Å². The van der Waals surface area contributed by atoms with E-state index in [4.69, 9.17) is 23.7 Å². The van der Waals surface area contributed by atoms with Crippen molar-refractivity contribution in [3.05, 3.63) is 205 Å². The highest BCUT2D eigenvalue weighted by Crippen LogP contribution is 2.38. The predicted molar refractivity (Wildman–Crippen MR) is 517 cm³/mol. The number of rotatable bonds is 29. The number of benzene rings is 4. The monoisotopic (exact) mass is 1740 g/mol. The van der Waals surface area contributed by atoms with Crippen molar-refractivity contribution < 1.29 is 38.1 Å². The second-order valence-corrected chi connectivity index (χ2v) is 34.2. The molecule has 7 N–H and O–H groups in total. The molecule has 0 atom stereocenters. The summed E-state index contributed by atoms with van der Waals surface area (Å²) in [5.41, 5.74) is 17.8. The third kappa shape index (κ3) is 28.8. The molecule has 2 saturated carbocycles. The number of hydrogen-bond donors (Lipinski definition) is 7. The number of pyridine rings is 3. The van der Waals surface area contributed by atoms with Gasteiger partial charge in [0.1, 0.15) is 12.4 Å². The first kappa shape index (κ1) is 103. The van der Waals surface area contributed by atoms with E-state index in [1.165, 1.54) is 0 Å². The van der Waals surface area contributed by atoms with Gasteiger partial charge in [-0.2, -0.15) is 0 Å². The summed E-state index contributed by atoms with van der Waals surface area (Å²) in [6.45, 7) is 41.2. The molecule has 4 aromatic carbocycles. The Hall–Kier alpha value is -9.86. The Bertz CT molecular complexity index is 5040. The molecule has 5 aliphatic rings. The summed E-state index contributed by atoms with van der Waals surface area (Å²) >= 11 is 0. The summed E-state index contributed by atoms with van der Waals surface area (Å²) in [7, 11) is 9.80. The maximum absolute atomic E-state index is 13.8. The van der Waals surface area contributed by atoms with Crippen molar-refractivity contribution in [1.82, 2.24) is 50.9 Å². The van der Waals surface area contributed by atoms with E-state index in [0.717, 1.165) is 258 Å². The Morgan fingerprint density at radius 1 is 0.488 bits per heavy atom. The number of aromatic amines is 3. The van der Waals surface area contributed by atoms with E-state index < -0.39 is 0 Å².